The fourth-order valence-corrected chi connectivity index (χ4v) is 1.28. The lowest BCUT2D eigenvalue weighted by molar-refractivity contribution is -0.117. The molecule has 0 radical (unpaired) electrons. The van der Waals surface area contributed by atoms with E-state index < -0.39 is 0 Å². The topological polar surface area (TPSA) is 34.1 Å². The van der Waals surface area contributed by atoms with Gasteiger partial charge in [-0.1, -0.05) is 19.9 Å². The van der Waals surface area contributed by atoms with Crippen molar-refractivity contribution in [1.29, 1.82) is 0 Å². The minimum atomic E-state index is 0.0680. The van der Waals surface area contributed by atoms with Gasteiger partial charge in [0.15, 0.2) is 5.78 Å². The molecule has 0 heterocycles. The fourth-order valence-electron chi connectivity index (χ4n) is 1.28. The SMILES string of the molecule is CC(=O)/C=C/[C@@H](CCC(C)=O)C(C)C. The van der Waals surface area contributed by atoms with Gasteiger partial charge in [0, 0.05) is 6.42 Å². The van der Waals surface area contributed by atoms with E-state index in [4.69, 9.17) is 0 Å². The Morgan fingerprint density at radius 1 is 1.21 bits per heavy atom. The van der Waals surface area contributed by atoms with Crippen LogP contribution in [0.3, 0.4) is 0 Å². The van der Waals surface area contributed by atoms with E-state index >= 15 is 0 Å². The van der Waals surface area contributed by atoms with Crippen LogP contribution in [0, 0.1) is 11.8 Å². The third kappa shape index (κ3) is 6.58. The number of hydrogen-bond donors (Lipinski definition) is 0. The summed E-state index contributed by atoms with van der Waals surface area (Å²) in [5, 5.41) is 0. The van der Waals surface area contributed by atoms with Gasteiger partial charge < -0.3 is 4.79 Å². The Hall–Kier alpha value is -0.920. The standard InChI is InChI=1S/C12H20O2/c1-9(2)12(7-5-10(3)13)8-6-11(4)14/h5,7,9,12H,6,8H2,1-4H3/b7-5+/t12-/m0/s1. The summed E-state index contributed by atoms with van der Waals surface area (Å²) >= 11 is 0. The van der Waals surface area contributed by atoms with Crippen LogP contribution in [0.15, 0.2) is 12.2 Å². The second-order valence-corrected chi connectivity index (χ2v) is 4.12. The summed E-state index contributed by atoms with van der Waals surface area (Å²) < 4.78 is 0. The molecule has 0 saturated carbocycles. The molecule has 0 aliphatic carbocycles. The fraction of sp³-hybridized carbons (Fsp3) is 0.667. The maximum absolute atomic E-state index is 10.8. The van der Waals surface area contributed by atoms with Gasteiger partial charge >= 0.3 is 0 Å². The van der Waals surface area contributed by atoms with Gasteiger partial charge in [-0.25, -0.2) is 0 Å². The van der Waals surface area contributed by atoms with Crippen molar-refractivity contribution in [2.45, 2.75) is 40.5 Å². The predicted octanol–water partition coefficient (Wildman–Crippen LogP) is 2.77. The Morgan fingerprint density at radius 3 is 2.14 bits per heavy atom. The Bertz CT molecular complexity index is 226. The molecule has 80 valence electrons. The predicted molar refractivity (Wildman–Crippen MR) is 58.1 cm³/mol. The van der Waals surface area contributed by atoms with Crippen molar-refractivity contribution >= 4 is 11.6 Å². The Balaban J connectivity index is 4.16. The number of carbonyl (C=O) groups is 2. The summed E-state index contributed by atoms with van der Waals surface area (Å²) in [6.07, 6.45) is 4.97. The van der Waals surface area contributed by atoms with Crippen LogP contribution in [-0.4, -0.2) is 11.6 Å². The zero-order chi connectivity index (χ0) is 11.1. The second kappa shape index (κ2) is 6.52. The highest BCUT2D eigenvalue weighted by Crippen LogP contribution is 2.18. The average Bonchev–Trinajstić information content (AvgIpc) is 2.02. The van der Waals surface area contributed by atoms with Crippen LogP contribution in [0.2, 0.25) is 0 Å². The first-order valence-corrected chi connectivity index (χ1v) is 5.11. The van der Waals surface area contributed by atoms with Gasteiger partial charge in [0.1, 0.15) is 5.78 Å². The van der Waals surface area contributed by atoms with Crippen molar-refractivity contribution in [3.05, 3.63) is 12.2 Å². The molecule has 0 amide bonds. The largest absolute Gasteiger partial charge is 0.300 e. The van der Waals surface area contributed by atoms with Gasteiger partial charge in [0.05, 0.1) is 0 Å². The second-order valence-electron chi connectivity index (χ2n) is 4.12. The van der Waals surface area contributed by atoms with Crippen molar-refractivity contribution in [3.8, 4) is 0 Å². The van der Waals surface area contributed by atoms with Crippen molar-refractivity contribution < 1.29 is 9.59 Å². The highest BCUT2D eigenvalue weighted by Gasteiger charge is 2.10. The van der Waals surface area contributed by atoms with E-state index in [9.17, 15) is 9.59 Å². The van der Waals surface area contributed by atoms with Crippen LogP contribution in [0.5, 0.6) is 0 Å². The molecule has 0 fully saturated rings. The molecule has 0 aromatic heterocycles. The van der Waals surface area contributed by atoms with Crippen LogP contribution in [0.4, 0.5) is 0 Å². The number of Topliss-reactive ketones (excluding diaryl/α,β-unsaturated/α-hetero) is 1. The van der Waals surface area contributed by atoms with Gasteiger partial charge in [-0.3, -0.25) is 4.79 Å². The van der Waals surface area contributed by atoms with Crippen molar-refractivity contribution in [3.63, 3.8) is 0 Å². The van der Waals surface area contributed by atoms with E-state index in [0.717, 1.165) is 6.42 Å². The van der Waals surface area contributed by atoms with Crippen molar-refractivity contribution in [2.24, 2.45) is 11.8 Å². The molecule has 14 heavy (non-hydrogen) atoms. The molecule has 0 unspecified atom stereocenters. The number of carbonyl (C=O) groups excluding carboxylic acids is 2. The van der Waals surface area contributed by atoms with E-state index in [2.05, 4.69) is 13.8 Å². The summed E-state index contributed by atoms with van der Waals surface area (Å²) in [6, 6.07) is 0. The Morgan fingerprint density at radius 2 is 1.79 bits per heavy atom. The van der Waals surface area contributed by atoms with Gasteiger partial charge in [0.2, 0.25) is 0 Å². The maximum Gasteiger partial charge on any atom is 0.152 e. The van der Waals surface area contributed by atoms with E-state index in [1.165, 1.54) is 0 Å². The lowest BCUT2D eigenvalue weighted by Gasteiger charge is -2.15. The third-order valence-electron chi connectivity index (χ3n) is 2.26. The minimum absolute atomic E-state index is 0.0680. The average molecular weight is 196 g/mol. The minimum Gasteiger partial charge on any atom is -0.300 e. The normalized spacial score (nSPS) is 13.5. The molecule has 0 aromatic carbocycles. The lowest BCUT2D eigenvalue weighted by atomic mass is 9.90. The first-order chi connectivity index (χ1) is 6.43. The number of ketones is 2. The Kier molecular flexibility index (Phi) is 6.09. The van der Waals surface area contributed by atoms with E-state index in [1.807, 2.05) is 6.08 Å². The summed E-state index contributed by atoms with van der Waals surface area (Å²) in [5.74, 6) is 1.10. The lowest BCUT2D eigenvalue weighted by Crippen LogP contribution is -2.08. The highest BCUT2D eigenvalue weighted by atomic mass is 16.1. The van der Waals surface area contributed by atoms with Crippen LogP contribution in [0.25, 0.3) is 0 Å². The third-order valence-corrected chi connectivity index (χ3v) is 2.26. The summed E-state index contributed by atoms with van der Waals surface area (Å²) in [4.78, 5) is 21.6. The molecule has 2 nitrogen and oxygen atoms in total. The van der Waals surface area contributed by atoms with Crippen molar-refractivity contribution in [2.75, 3.05) is 0 Å². The molecule has 0 spiro atoms. The number of rotatable bonds is 6. The first kappa shape index (κ1) is 13.1. The zero-order valence-corrected chi connectivity index (χ0v) is 9.54. The number of hydrogen-bond acceptors (Lipinski definition) is 2. The summed E-state index contributed by atoms with van der Waals surface area (Å²) in [6.45, 7) is 7.36. The molecule has 0 saturated heterocycles. The monoisotopic (exact) mass is 196 g/mol. The molecule has 1 atom stereocenters. The first-order valence-electron chi connectivity index (χ1n) is 5.11. The van der Waals surface area contributed by atoms with Crippen molar-refractivity contribution in [1.82, 2.24) is 0 Å². The Labute approximate surface area is 86.4 Å². The molecule has 0 aromatic rings. The van der Waals surface area contributed by atoms with E-state index in [1.54, 1.807) is 19.9 Å². The van der Waals surface area contributed by atoms with Crippen LogP contribution in [0.1, 0.15) is 40.5 Å². The zero-order valence-electron chi connectivity index (χ0n) is 9.54. The smallest absolute Gasteiger partial charge is 0.152 e. The molecular weight excluding hydrogens is 176 g/mol. The van der Waals surface area contributed by atoms with E-state index in [-0.39, 0.29) is 11.6 Å². The highest BCUT2D eigenvalue weighted by molar-refractivity contribution is 5.87. The van der Waals surface area contributed by atoms with Gasteiger partial charge in [-0.2, -0.15) is 0 Å². The maximum atomic E-state index is 10.8. The summed E-state index contributed by atoms with van der Waals surface area (Å²) in [5.41, 5.74) is 0. The van der Waals surface area contributed by atoms with Gasteiger partial charge in [-0.15, -0.1) is 0 Å². The van der Waals surface area contributed by atoms with Gasteiger partial charge in [0.25, 0.3) is 0 Å². The van der Waals surface area contributed by atoms with Crippen LogP contribution in [-0.2, 0) is 9.59 Å². The summed E-state index contributed by atoms with van der Waals surface area (Å²) in [7, 11) is 0. The quantitative estimate of drug-likeness (QED) is 0.612. The van der Waals surface area contributed by atoms with Gasteiger partial charge in [-0.05, 0) is 38.2 Å². The molecule has 0 bridgehead atoms. The van der Waals surface area contributed by atoms with Crippen LogP contribution >= 0.6 is 0 Å². The van der Waals surface area contributed by atoms with Crippen LogP contribution < -0.4 is 0 Å². The van der Waals surface area contributed by atoms with E-state index in [0.29, 0.717) is 18.3 Å². The molecular formula is C12H20O2. The molecule has 2 heteroatoms. The molecule has 0 aliphatic heterocycles. The molecule has 0 aliphatic rings. The molecule has 0 N–H and O–H groups in total. The number of allylic oxidation sites excluding steroid dienone is 2. The molecule has 0 rings (SSSR count).